The quantitative estimate of drug-likeness (QED) is 0.754. The van der Waals surface area contributed by atoms with Gasteiger partial charge in [-0.05, 0) is 32.4 Å². The van der Waals surface area contributed by atoms with Crippen LogP contribution in [0.25, 0.3) is 0 Å². The average molecular weight is 225 g/mol. The van der Waals surface area contributed by atoms with Crippen molar-refractivity contribution in [1.29, 1.82) is 0 Å². The number of carbonyl (C=O) groups is 1. The van der Waals surface area contributed by atoms with Gasteiger partial charge in [-0.2, -0.15) is 0 Å². The standard InChI is InChI=1S/C12H19NO3/c1-4-10(12(14)15-5-2)13-9(3)11-7-6-8-16-11/h6-10,13H,4-5H2,1-3H3. The monoisotopic (exact) mass is 225 g/mol. The minimum absolute atomic E-state index is 0.00403. The third-order valence-electron chi connectivity index (χ3n) is 2.40. The molecule has 1 N–H and O–H groups in total. The molecule has 16 heavy (non-hydrogen) atoms. The molecule has 2 atom stereocenters. The van der Waals surface area contributed by atoms with Crippen molar-refractivity contribution in [2.45, 2.75) is 39.3 Å². The van der Waals surface area contributed by atoms with E-state index in [9.17, 15) is 4.79 Å². The molecule has 90 valence electrons. The number of furan rings is 1. The second-order valence-electron chi connectivity index (χ2n) is 3.62. The Balaban J connectivity index is 2.53. The molecular formula is C12H19NO3. The number of rotatable bonds is 6. The normalized spacial score (nSPS) is 14.4. The van der Waals surface area contributed by atoms with Crippen molar-refractivity contribution in [1.82, 2.24) is 5.32 Å². The zero-order valence-electron chi connectivity index (χ0n) is 10.0. The first-order valence-corrected chi connectivity index (χ1v) is 5.65. The van der Waals surface area contributed by atoms with E-state index in [1.165, 1.54) is 0 Å². The van der Waals surface area contributed by atoms with Crippen LogP contribution in [-0.2, 0) is 9.53 Å². The van der Waals surface area contributed by atoms with Crippen LogP contribution < -0.4 is 5.32 Å². The summed E-state index contributed by atoms with van der Waals surface area (Å²) in [5.41, 5.74) is 0. The Morgan fingerprint density at radius 3 is 2.81 bits per heavy atom. The molecule has 0 fully saturated rings. The molecule has 0 spiro atoms. The van der Waals surface area contributed by atoms with Crippen LogP contribution in [0.15, 0.2) is 22.8 Å². The predicted molar refractivity (Wildman–Crippen MR) is 61.0 cm³/mol. The number of carbonyl (C=O) groups excluding carboxylic acids is 1. The van der Waals surface area contributed by atoms with E-state index in [-0.39, 0.29) is 18.1 Å². The molecule has 0 aliphatic heterocycles. The first kappa shape index (κ1) is 12.8. The van der Waals surface area contributed by atoms with E-state index in [4.69, 9.17) is 9.15 Å². The van der Waals surface area contributed by atoms with Gasteiger partial charge in [0.25, 0.3) is 0 Å². The number of hydrogen-bond donors (Lipinski definition) is 1. The molecule has 4 nitrogen and oxygen atoms in total. The number of ether oxygens (including phenoxy) is 1. The van der Waals surface area contributed by atoms with Gasteiger partial charge in [0, 0.05) is 0 Å². The summed E-state index contributed by atoms with van der Waals surface area (Å²) < 4.78 is 10.2. The van der Waals surface area contributed by atoms with Crippen molar-refractivity contribution in [3.8, 4) is 0 Å². The lowest BCUT2D eigenvalue weighted by Crippen LogP contribution is -2.38. The Kier molecular flexibility index (Phi) is 5.05. The van der Waals surface area contributed by atoms with Crippen molar-refractivity contribution in [2.75, 3.05) is 6.61 Å². The smallest absolute Gasteiger partial charge is 0.323 e. The van der Waals surface area contributed by atoms with Gasteiger partial charge in [-0.25, -0.2) is 0 Å². The molecule has 4 heteroatoms. The van der Waals surface area contributed by atoms with E-state index in [2.05, 4.69) is 5.32 Å². The van der Waals surface area contributed by atoms with Crippen molar-refractivity contribution >= 4 is 5.97 Å². The van der Waals surface area contributed by atoms with Crippen LogP contribution in [-0.4, -0.2) is 18.6 Å². The van der Waals surface area contributed by atoms with Crippen LogP contribution in [0.3, 0.4) is 0 Å². The minimum Gasteiger partial charge on any atom is -0.468 e. The Bertz CT molecular complexity index is 308. The second kappa shape index (κ2) is 6.33. The van der Waals surface area contributed by atoms with E-state index in [1.807, 2.05) is 26.0 Å². The molecule has 1 rings (SSSR count). The van der Waals surface area contributed by atoms with Gasteiger partial charge in [0.15, 0.2) is 0 Å². The van der Waals surface area contributed by atoms with Crippen molar-refractivity contribution in [3.05, 3.63) is 24.2 Å². The van der Waals surface area contributed by atoms with Crippen molar-refractivity contribution in [2.24, 2.45) is 0 Å². The third-order valence-corrected chi connectivity index (χ3v) is 2.40. The largest absolute Gasteiger partial charge is 0.468 e. The second-order valence-corrected chi connectivity index (χ2v) is 3.62. The molecule has 0 aliphatic carbocycles. The van der Waals surface area contributed by atoms with Crippen molar-refractivity contribution in [3.63, 3.8) is 0 Å². The van der Waals surface area contributed by atoms with Crippen LogP contribution in [0.5, 0.6) is 0 Å². The van der Waals surface area contributed by atoms with Crippen LogP contribution in [0, 0.1) is 0 Å². The maximum Gasteiger partial charge on any atom is 0.323 e. The topological polar surface area (TPSA) is 51.5 Å². The van der Waals surface area contributed by atoms with Gasteiger partial charge >= 0.3 is 5.97 Å². The Labute approximate surface area is 96.0 Å². The summed E-state index contributed by atoms with van der Waals surface area (Å²) in [5.74, 6) is 0.617. The summed E-state index contributed by atoms with van der Waals surface area (Å²) in [4.78, 5) is 11.6. The summed E-state index contributed by atoms with van der Waals surface area (Å²) in [7, 11) is 0. The third kappa shape index (κ3) is 3.38. The summed E-state index contributed by atoms with van der Waals surface area (Å²) in [6.45, 7) is 6.12. The Hall–Kier alpha value is -1.29. The highest BCUT2D eigenvalue weighted by Crippen LogP contribution is 2.14. The maximum absolute atomic E-state index is 11.6. The highest BCUT2D eigenvalue weighted by atomic mass is 16.5. The fraction of sp³-hybridized carbons (Fsp3) is 0.583. The van der Waals surface area contributed by atoms with Gasteiger partial charge in [-0.3, -0.25) is 10.1 Å². The number of hydrogen-bond acceptors (Lipinski definition) is 4. The molecule has 0 amide bonds. The van der Waals surface area contributed by atoms with Gasteiger partial charge in [-0.1, -0.05) is 6.92 Å². The van der Waals surface area contributed by atoms with Gasteiger partial charge < -0.3 is 9.15 Å². The molecule has 0 saturated heterocycles. The number of nitrogens with one attached hydrogen (secondary N) is 1. The average Bonchev–Trinajstić information content (AvgIpc) is 2.79. The summed E-state index contributed by atoms with van der Waals surface area (Å²) in [6, 6.07) is 3.44. The zero-order chi connectivity index (χ0) is 12.0. The van der Waals surface area contributed by atoms with E-state index >= 15 is 0 Å². The SMILES string of the molecule is CCOC(=O)C(CC)NC(C)c1ccco1. The van der Waals surface area contributed by atoms with Gasteiger partial charge in [-0.15, -0.1) is 0 Å². The van der Waals surface area contributed by atoms with Crippen LogP contribution in [0.1, 0.15) is 39.0 Å². The van der Waals surface area contributed by atoms with Gasteiger partial charge in [0.1, 0.15) is 11.8 Å². The lowest BCUT2D eigenvalue weighted by molar-refractivity contribution is -0.146. The minimum atomic E-state index is -0.278. The van der Waals surface area contributed by atoms with E-state index in [0.29, 0.717) is 13.0 Å². The molecule has 0 aliphatic rings. The van der Waals surface area contributed by atoms with E-state index in [1.54, 1.807) is 13.2 Å². The Morgan fingerprint density at radius 2 is 2.31 bits per heavy atom. The highest BCUT2D eigenvalue weighted by Gasteiger charge is 2.21. The predicted octanol–water partition coefficient (Wildman–Crippen LogP) is 2.27. The first-order chi connectivity index (χ1) is 7.69. The fourth-order valence-corrected chi connectivity index (χ4v) is 1.52. The fourth-order valence-electron chi connectivity index (χ4n) is 1.52. The molecule has 0 bridgehead atoms. The lowest BCUT2D eigenvalue weighted by Gasteiger charge is -2.19. The Morgan fingerprint density at radius 1 is 1.56 bits per heavy atom. The summed E-state index contributed by atoms with van der Waals surface area (Å²) >= 11 is 0. The molecular weight excluding hydrogens is 206 g/mol. The molecule has 1 heterocycles. The van der Waals surface area contributed by atoms with Crippen LogP contribution in [0.2, 0.25) is 0 Å². The molecule has 0 aromatic carbocycles. The summed E-state index contributed by atoms with van der Waals surface area (Å²) in [5, 5.41) is 3.19. The highest BCUT2D eigenvalue weighted by molar-refractivity contribution is 5.75. The summed E-state index contributed by atoms with van der Waals surface area (Å²) in [6.07, 6.45) is 2.32. The molecule has 0 radical (unpaired) electrons. The zero-order valence-corrected chi connectivity index (χ0v) is 10.0. The first-order valence-electron chi connectivity index (χ1n) is 5.65. The molecule has 1 aromatic heterocycles. The number of esters is 1. The van der Waals surface area contributed by atoms with Crippen LogP contribution >= 0.6 is 0 Å². The van der Waals surface area contributed by atoms with Crippen LogP contribution in [0.4, 0.5) is 0 Å². The van der Waals surface area contributed by atoms with Gasteiger partial charge in [0.2, 0.25) is 0 Å². The van der Waals surface area contributed by atoms with Crippen molar-refractivity contribution < 1.29 is 13.9 Å². The van der Waals surface area contributed by atoms with Gasteiger partial charge in [0.05, 0.1) is 18.9 Å². The molecule has 2 unspecified atom stereocenters. The van der Waals surface area contributed by atoms with E-state index in [0.717, 1.165) is 5.76 Å². The molecule has 1 aromatic rings. The molecule has 0 saturated carbocycles. The maximum atomic E-state index is 11.6. The lowest BCUT2D eigenvalue weighted by atomic mass is 10.1. The van der Waals surface area contributed by atoms with E-state index < -0.39 is 0 Å².